The summed E-state index contributed by atoms with van der Waals surface area (Å²) in [5.74, 6) is 0.607. The molecule has 5 heteroatoms. The van der Waals surface area contributed by atoms with Crippen LogP contribution in [0, 0.1) is 7.43 Å². The van der Waals surface area contributed by atoms with Crippen LogP contribution in [-0.2, 0) is 42.2 Å². The molecule has 0 N–H and O–H groups in total. The average molecular weight is 215 g/mol. The zero-order chi connectivity index (χ0) is 5.61. The third kappa shape index (κ3) is 1.23. The molecule has 2 rings (SSSR count). The van der Waals surface area contributed by atoms with Crippen LogP contribution in [0.5, 0.6) is 0 Å². The maximum Gasteiger partial charge on any atom is 0.410 e. The quantitative estimate of drug-likeness (QED) is 0.550. The molecule has 0 saturated carbocycles. The van der Waals surface area contributed by atoms with E-state index in [-0.39, 0.29) is 40.1 Å². The van der Waals surface area contributed by atoms with E-state index in [1.54, 1.807) is 6.92 Å². The second kappa shape index (κ2) is 2.97. The Labute approximate surface area is 84.6 Å². The van der Waals surface area contributed by atoms with Crippen molar-refractivity contribution in [2.75, 3.05) is 0 Å². The fourth-order valence-electron chi connectivity index (χ4n) is 0.613. The number of aliphatic imine (C=N–C) groups is 2. The topological polar surface area (TPSA) is 43.2 Å². The summed E-state index contributed by atoms with van der Waals surface area (Å²) in [6.07, 6.45) is 2.22. The van der Waals surface area contributed by atoms with E-state index in [0.29, 0.717) is 5.90 Å². The van der Waals surface area contributed by atoms with E-state index < -0.39 is 6.03 Å². The number of hydrogen-bond donors (Lipinski definition) is 0. The van der Waals surface area contributed by atoms with Crippen molar-refractivity contribution in [3.05, 3.63) is 7.43 Å². The molecule has 2 heterocycles. The summed E-state index contributed by atoms with van der Waals surface area (Å²) in [5.41, 5.74) is 0. The molecular formula is C5H6N2O2Y-2. The molecule has 0 saturated heterocycles. The van der Waals surface area contributed by atoms with Gasteiger partial charge in [0, 0.05) is 39.6 Å². The predicted octanol–water partition coefficient (Wildman–Crippen LogP) is 0.430. The van der Waals surface area contributed by atoms with Crippen LogP contribution < -0.4 is 0 Å². The van der Waals surface area contributed by atoms with Crippen LogP contribution >= 0.6 is 0 Å². The summed E-state index contributed by atoms with van der Waals surface area (Å²) in [5, 5.41) is 0. The van der Waals surface area contributed by atoms with Gasteiger partial charge in [-0.05, 0) is 0 Å². The molecule has 53 valence electrons. The van der Waals surface area contributed by atoms with Crippen molar-refractivity contribution in [2.24, 2.45) is 9.98 Å². The van der Waals surface area contributed by atoms with Gasteiger partial charge in [-0.25, -0.2) is 0 Å². The standard InChI is InChI=1S/C4H3N2O2.CH3.Y/c1-3-6-4(8-3)5-2-7-4;;/h1H3;1H3;/q2*-1;. The third-order valence-electron chi connectivity index (χ3n) is 0.945. The van der Waals surface area contributed by atoms with Gasteiger partial charge in [-0.1, -0.05) is 0 Å². The van der Waals surface area contributed by atoms with Gasteiger partial charge in [-0.3, -0.25) is 0 Å². The van der Waals surface area contributed by atoms with Gasteiger partial charge in [0.2, 0.25) is 0 Å². The van der Waals surface area contributed by atoms with Crippen molar-refractivity contribution in [1.29, 1.82) is 0 Å². The molecule has 1 radical (unpaired) electrons. The van der Waals surface area contributed by atoms with Crippen molar-refractivity contribution in [2.45, 2.75) is 13.0 Å². The summed E-state index contributed by atoms with van der Waals surface area (Å²) in [6, 6.07) is -0.982. The van der Waals surface area contributed by atoms with Gasteiger partial charge in [-0.2, -0.15) is 11.4 Å². The van der Waals surface area contributed by atoms with Crippen molar-refractivity contribution < 1.29 is 42.2 Å². The van der Waals surface area contributed by atoms with E-state index in [1.807, 2.05) is 0 Å². The Morgan fingerprint density at radius 1 is 1.60 bits per heavy atom. The molecule has 0 aliphatic carbocycles. The van der Waals surface area contributed by atoms with E-state index in [0.717, 1.165) is 0 Å². The maximum absolute atomic E-state index is 4.86. The Balaban J connectivity index is 0.000000405. The first-order valence-corrected chi connectivity index (χ1v) is 2.21. The summed E-state index contributed by atoms with van der Waals surface area (Å²) in [6.45, 7) is 1.74. The Kier molecular flexibility index (Phi) is 2.98. The molecule has 1 spiro atoms. The Hall–Kier alpha value is 0.0439. The molecule has 0 bridgehead atoms. The Morgan fingerprint density at radius 2 is 2.10 bits per heavy atom. The normalized spacial score (nSPS) is 31.1. The van der Waals surface area contributed by atoms with Crippen molar-refractivity contribution in [3.8, 4) is 0 Å². The van der Waals surface area contributed by atoms with Gasteiger partial charge in [0.05, 0.1) is 0 Å². The van der Waals surface area contributed by atoms with E-state index >= 15 is 0 Å². The maximum atomic E-state index is 4.86. The molecule has 0 aromatic carbocycles. The van der Waals surface area contributed by atoms with Crippen LogP contribution in [0.1, 0.15) is 6.92 Å². The molecule has 4 nitrogen and oxygen atoms in total. The first-order valence-electron chi connectivity index (χ1n) is 2.21. The molecule has 1 unspecified atom stereocenters. The monoisotopic (exact) mass is 215 g/mol. The molecule has 2 aliphatic rings. The molecular weight excluding hydrogens is 209 g/mol. The molecule has 1 atom stereocenters. The minimum absolute atomic E-state index is 0. The minimum atomic E-state index is -0.982. The third-order valence-corrected chi connectivity index (χ3v) is 0.945. The Bertz CT molecular complexity index is 192. The zero-order valence-corrected chi connectivity index (χ0v) is 8.63. The molecule has 0 aromatic rings. The molecule has 0 fully saturated rings. The summed E-state index contributed by atoms with van der Waals surface area (Å²) < 4.78 is 9.46. The fraction of sp³-hybridized carbons (Fsp3) is 0.400. The summed E-state index contributed by atoms with van der Waals surface area (Å²) in [4.78, 5) is 7.38. The first kappa shape index (κ1) is 10.0. The number of nitrogens with zero attached hydrogens (tertiary/aromatic N) is 2. The first-order chi connectivity index (χ1) is 3.81. The van der Waals surface area contributed by atoms with Crippen molar-refractivity contribution >= 4 is 12.3 Å². The van der Waals surface area contributed by atoms with Crippen molar-refractivity contribution in [3.63, 3.8) is 0 Å². The summed E-state index contributed by atoms with van der Waals surface area (Å²) >= 11 is 0. The second-order valence-corrected chi connectivity index (χ2v) is 1.59. The van der Waals surface area contributed by atoms with Crippen LogP contribution in [0.15, 0.2) is 9.98 Å². The summed E-state index contributed by atoms with van der Waals surface area (Å²) in [7, 11) is 0. The van der Waals surface area contributed by atoms with Crippen LogP contribution in [0.25, 0.3) is 0 Å². The van der Waals surface area contributed by atoms with E-state index in [2.05, 4.69) is 21.1 Å². The van der Waals surface area contributed by atoms with Crippen LogP contribution in [0.2, 0.25) is 0 Å². The number of ether oxygens (including phenoxy) is 2. The van der Waals surface area contributed by atoms with Crippen LogP contribution in [0.3, 0.4) is 0 Å². The fourth-order valence-corrected chi connectivity index (χ4v) is 0.613. The largest absolute Gasteiger partial charge is 0.610 e. The zero-order valence-electron chi connectivity index (χ0n) is 5.79. The van der Waals surface area contributed by atoms with Gasteiger partial charge in [0.15, 0.2) is 5.90 Å². The Morgan fingerprint density at radius 3 is 2.20 bits per heavy atom. The molecule has 0 amide bonds. The van der Waals surface area contributed by atoms with Gasteiger partial charge in [0.25, 0.3) is 0 Å². The molecule has 10 heavy (non-hydrogen) atoms. The van der Waals surface area contributed by atoms with Gasteiger partial charge in [0.1, 0.15) is 0 Å². The SMILES string of the molecule is CC1=NC2(N=[C-]O2)O1.[CH3-].[Y]. The predicted molar refractivity (Wildman–Crippen MR) is 31.9 cm³/mol. The van der Waals surface area contributed by atoms with E-state index in [4.69, 9.17) is 4.74 Å². The van der Waals surface area contributed by atoms with Gasteiger partial charge < -0.3 is 21.9 Å². The van der Waals surface area contributed by atoms with Crippen LogP contribution in [-0.4, -0.2) is 18.3 Å². The number of rotatable bonds is 0. The van der Waals surface area contributed by atoms with Gasteiger partial charge >= 0.3 is 6.03 Å². The molecule has 0 aromatic heterocycles. The smallest absolute Gasteiger partial charge is 0.410 e. The van der Waals surface area contributed by atoms with Crippen molar-refractivity contribution in [1.82, 2.24) is 0 Å². The van der Waals surface area contributed by atoms with E-state index in [1.165, 1.54) is 0 Å². The number of hydrogen-bond acceptors (Lipinski definition) is 4. The second-order valence-electron chi connectivity index (χ2n) is 1.59. The van der Waals surface area contributed by atoms with Crippen LogP contribution in [0.4, 0.5) is 0 Å². The molecule has 2 aliphatic heterocycles. The average Bonchev–Trinajstić information content (AvgIpc) is 1.51. The minimum Gasteiger partial charge on any atom is -0.610 e. The van der Waals surface area contributed by atoms with E-state index in [9.17, 15) is 0 Å². The van der Waals surface area contributed by atoms with Gasteiger partial charge in [-0.15, -0.1) is 0 Å².